The Balaban J connectivity index is 3.90. The molecule has 0 aliphatic heterocycles. The summed E-state index contributed by atoms with van der Waals surface area (Å²) in [4.78, 5) is 35.2. The van der Waals surface area contributed by atoms with E-state index in [1.165, 1.54) is 96.3 Å². The van der Waals surface area contributed by atoms with E-state index in [1.807, 2.05) is 0 Å². The molecule has 10 heteroatoms. The maximum absolute atomic E-state index is 12.7. The molecule has 0 bridgehead atoms. The fourth-order valence-electron chi connectivity index (χ4n) is 7.98. The molecule has 0 aliphatic carbocycles. The van der Waals surface area contributed by atoms with Crippen molar-refractivity contribution in [2.75, 3.05) is 26.4 Å². The van der Waals surface area contributed by atoms with Crippen LogP contribution < -0.4 is 5.73 Å². The van der Waals surface area contributed by atoms with Gasteiger partial charge in [-0.2, -0.15) is 0 Å². The molecule has 428 valence electrons. The quantitative estimate of drug-likeness (QED) is 0.0264. The van der Waals surface area contributed by atoms with Crippen LogP contribution in [0.3, 0.4) is 0 Å². The van der Waals surface area contributed by atoms with Crippen molar-refractivity contribution in [2.24, 2.45) is 5.73 Å². The lowest BCUT2D eigenvalue weighted by Crippen LogP contribution is -2.29. The Morgan fingerprint density at radius 1 is 0.400 bits per heavy atom. The first-order valence-electron chi connectivity index (χ1n) is 30.0. The Kier molecular flexibility index (Phi) is 56.8. The van der Waals surface area contributed by atoms with Gasteiger partial charge in [-0.3, -0.25) is 18.6 Å². The third-order valence-corrected chi connectivity index (χ3v) is 13.3. The minimum Gasteiger partial charge on any atom is -0.462 e. The van der Waals surface area contributed by atoms with Crippen molar-refractivity contribution >= 4 is 19.8 Å². The number of hydrogen-bond donors (Lipinski definition) is 2. The van der Waals surface area contributed by atoms with E-state index < -0.39 is 32.5 Å². The molecule has 0 amide bonds. The Bertz CT molecular complexity index is 1640. The fourth-order valence-corrected chi connectivity index (χ4v) is 8.75. The highest BCUT2D eigenvalue weighted by Gasteiger charge is 2.26. The number of hydrogen-bond acceptors (Lipinski definition) is 8. The van der Waals surface area contributed by atoms with Crippen LogP contribution in [0, 0.1) is 0 Å². The number of allylic oxidation sites excluding steroid dienone is 20. The molecule has 0 saturated carbocycles. The molecule has 0 fully saturated rings. The molecule has 0 radical (unpaired) electrons. The number of phosphoric acid groups is 1. The number of esters is 2. The van der Waals surface area contributed by atoms with Crippen molar-refractivity contribution in [2.45, 2.75) is 251 Å². The Labute approximate surface area is 460 Å². The highest BCUT2D eigenvalue weighted by molar-refractivity contribution is 7.47. The van der Waals surface area contributed by atoms with E-state index in [4.69, 9.17) is 24.3 Å². The van der Waals surface area contributed by atoms with Gasteiger partial charge in [0, 0.05) is 19.4 Å². The monoisotopic (exact) mass is 1060 g/mol. The second-order valence-corrected chi connectivity index (χ2v) is 20.9. The predicted molar refractivity (Wildman–Crippen MR) is 321 cm³/mol. The van der Waals surface area contributed by atoms with E-state index >= 15 is 0 Å². The lowest BCUT2D eigenvalue weighted by atomic mass is 10.0. The number of rotatable bonds is 55. The number of nitrogens with two attached hydrogens (primary N) is 1. The van der Waals surface area contributed by atoms with Crippen LogP contribution in [0.25, 0.3) is 0 Å². The van der Waals surface area contributed by atoms with Gasteiger partial charge in [-0.05, 0) is 103 Å². The van der Waals surface area contributed by atoms with E-state index in [2.05, 4.69) is 135 Å². The van der Waals surface area contributed by atoms with E-state index in [0.717, 1.165) is 109 Å². The number of carbonyl (C=O) groups excluding carboxylic acids is 2. The van der Waals surface area contributed by atoms with Crippen molar-refractivity contribution < 1.29 is 37.6 Å². The van der Waals surface area contributed by atoms with Crippen molar-refractivity contribution in [3.63, 3.8) is 0 Å². The number of phosphoric ester groups is 1. The number of ether oxygens (including phenoxy) is 2. The summed E-state index contributed by atoms with van der Waals surface area (Å²) >= 11 is 0. The Morgan fingerprint density at radius 3 is 1.03 bits per heavy atom. The molecule has 0 aromatic carbocycles. The lowest BCUT2D eigenvalue weighted by molar-refractivity contribution is -0.161. The average molecular weight is 1060 g/mol. The maximum Gasteiger partial charge on any atom is 0.472 e. The predicted octanol–water partition coefficient (Wildman–Crippen LogP) is 19.2. The number of unbranched alkanes of at least 4 members (excludes halogenated alkanes) is 22. The molecular weight excluding hydrogens is 954 g/mol. The molecule has 9 nitrogen and oxygen atoms in total. The highest BCUT2D eigenvalue weighted by atomic mass is 31.2. The largest absolute Gasteiger partial charge is 0.472 e. The zero-order valence-electron chi connectivity index (χ0n) is 47.7. The summed E-state index contributed by atoms with van der Waals surface area (Å²) in [5, 5.41) is 0. The van der Waals surface area contributed by atoms with Gasteiger partial charge in [0.25, 0.3) is 0 Å². The van der Waals surface area contributed by atoms with Crippen LogP contribution in [0.15, 0.2) is 122 Å². The van der Waals surface area contributed by atoms with Crippen LogP contribution in [0.2, 0.25) is 0 Å². The topological polar surface area (TPSA) is 134 Å². The molecule has 2 atom stereocenters. The molecule has 0 saturated heterocycles. The van der Waals surface area contributed by atoms with Crippen LogP contribution in [0.5, 0.6) is 0 Å². The van der Waals surface area contributed by atoms with Gasteiger partial charge in [-0.15, -0.1) is 0 Å². The van der Waals surface area contributed by atoms with Crippen LogP contribution in [0.1, 0.15) is 245 Å². The molecule has 0 heterocycles. The number of carbonyl (C=O) groups is 2. The molecule has 2 unspecified atom stereocenters. The summed E-state index contributed by atoms with van der Waals surface area (Å²) in [5.74, 6) is -0.857. The van der Waals surface area contributed by atoms with E-state index in [9.17, 15) is 19.0 Å². The van der Waals surface area contributed by atoms with Crippen LogP contribution in [0.4, 0.5) is 0 Å². The SMILES string of the molecule is CC/C=C\C/C=C\C/C=C\C/C=C\C/C=C\C/C=C\CCCCCCCCCCCCCCCCCCCCC(=O)OC(COC(=O)CCCCCC/C=C\C/C=C\C/C=C\C/C=C\CC)COP(=O)(O)OCCN. The van der Waals surface area contributed by atoms with Crippen molar-refractivity contribution in [3.05, 3.63) is 122 Å². The van der Waals surface area contributed by atoms with Crippen molar-refractivity contribution in [1.82, 2.24) is 0 Å². The molecule has 75 heavy (non-hydrogen) atoms. The molecular formula is C65H110NO8P. The van der Waals surface area contributed by atoms with Crippen LogP contribution in [-0.2, 0) is 32.7 Å². The second-order valence-electron chi connectivity index (χ2n) is 19.5. The van der Waals surface area contributed by atoms with Gasteiger partial charge in [0.05, 0.1) is 13.2 Å². The summed E-state index contributed by atoms with van der Waals surface area (Å²) in [7, 11) is -4.40. The second kappa shape index (κ2) is 59.7. The van der Waals surface area contributed by atoms with E-state index in [1.54, 1.807) is 0 Å². The average Bonchev–Trinajstić information content (AvgIpc) is 3.40. The van der Waals surface area contributed by atoms with Crippen molar-refractivity contribution in [1.29, 1.82) is 0 Å². The summed E-state index contributed by atoms with van der Waals surface area (Å²) in [6.07, 6.45) is 82.7. The van der Waals surface area contributed by atoms with Gasteiger partial charge in [0.2, 0.25) is 0 Å². The van der Waals surface area contributed by atoms with E-state index in [0.29, 0.717) is 12.8 Å². The van der Waals surface area contributed by atoms with Crippen LogP contribution >= 0.6 is 7.82 Å². The summed E-state index contributed by atoms with van der Waals surface area (Å²) in [5.41, 5.74) is 5.38. The third-order valence-electron chi connectivity index (χ3n) is 12.3. The van der Waals surface area contributed by atoms with Crippen molar-refractivity contribution in [3.8, 4) is 0 Å². The normalized spacial score (nSPS) is 13.9. The van der Waals surface area contributed by atoms with Gasteiger partial charge in [0.1, 0.15) is 6.61 Å². The standard InChI is InChI=1S/C65H110NO8P/c1-3-5-7-9-11-13-15-17-19-21-22-23-24-25-26-27-28-29-30-31-32-33-34-35-36-37-38-39-40-42-44-46-48-50-52-54-56-58-65(68)74-63(62-73-75(69,70)72-60-59-66)61-71-64(67)57-55-53-51-49-47-45-43-41-20-18-16-14-12-10-8-6-4-2/h5-8,11-14,17-20,22-23,25-26,28-29,43,45,63H,3-4,9-10,15-16,21,24,27,30-42,44,46-62,66H2,1-2H3,(H,69,70)/b7-5-,8-6-,13-11-,14-12-,19-17-,20-18-,23-22-,26-25-,29-28-,45-43-. The maximum atomic E-state index is 12.7. The summed E-state index contributed by atoms with van der Waals surface area (Å²) in [6, 6.07) is 0. The summed E-state index contributed by atoms with van der Waals surface area (Å²) < 4.78 is 33.0. The highest BCUT2D eigenvalue weighted by Crippen LogP contribution is 2.43. The first-order valence-corrected chi connectivity index (χ1v) is 31.5. The zero-order chi connectivity index (χ0) is 54.5. The fraction of sp³-hybridized carbons (Fsp3) is 0.662. The van der Waals surface area contributed by atoms with Gasteiger partial charge in [-0.25, -0.2) is 4.57 Å². The van der Waals surface area contributed by atoms with Gasteiger partial charge in [0.15, 0.2) is 6.10 Å². The minimum absolute atomic E-state index is 0.0454. The zero-order valence-corrected chi connectivity index (χ0v) is 48.6. The molecule has 0 rings (SSSR count). The first kappa shape index (κ1) is 71.4. The molecule has 3 N–H and O–H groups in total. The van der Waals surface area contributed by atoms with Gasteiger partial charge in [-0.1, -0.05) is 251 Å². The van der Waals surface area contributed by atoms with Gasteiger partial charge < -0.3 is 20.1 Å². The Morgan fingerprint density at radius 2 is 0.693 bits per heavy atom. The Hall–Kier alpha value is -3.59. The minimum atomic E-state index is -4.40. The summed E-state index contributed by atoms with van der Waals surface area (Å²) in [6.45, 7) is 3.49. The smallest absolute Gasteiger partial charge is 0.462 e. The molecule has 0 aromatic rings. The van der Waals surface area contributed by atoms with E-state index in [-0.39, 0.29) is 32.6 Å². The molecule has 0 spiro atoms. The third kappa shape index (κ3) is 59.5. The molecule has 0 aromatic heterocycles. The molecule has 0 aliphatic rings. The lowest BCUT2D eigenvalue weighted by Gasteiger charge is -2.19. The van der Waals surface area contributed by atoms with Crippen LogP contribution in [-0.4, -0.2) is 49.3 Å². The first-order chi connectivity index (χ1) is 36.8. The van der Waals surface area contributed by atoms with Gasteiger partial charge >= 0.3 is 19.8 Å².